The fourth-order valence-corrected chi connectivity index (χ4v) is 2.27. The summed E-state index contributed by atoms with van der Waals surface area (Å²) in [6.07, 6.45) is 0.910. The van der Waals surface area contributed by atoms with Gasteiger partial charge in [0, 0.05) is 12.1 Å². The minimum atomic E-state index is 0.0875. The average molecular weight is 289 g/mol. The van der Waals surface area contributed by atoms with Gasteiger partial charge in [0.25, 0.3) is 0 Å². The Labute approximate surface area is 125 Å². The topological polar surface area (TPSA) is 74.2 Å². The monoisotopic (exact) mass is 289 g/mol. The van der Waals surface area contributed by atoms with Crippen molar-refractivity contribution in [1.29, 1.82) is 0 Å². The summed E-state index contributed by atoms with van der Waals surface area (Å²) in [6.45, 7) is 7.03. The Morgan fingerprint density at radius 3 is 2.43 bits per heavy atom. The molecule has 0 fully saturated rings. The summed E-state index contributed by atoms with van der Waals surface area (Å²) in [6, 6.07) is 7.57. The Balaban J connectivity index is 2.19. The van der Waals surface area contributed by atoms with E-state index in [2.05, 4.69) is 30.9 Å². The van der Waals surface area contributed by atoms with Crippen molar-refractivity contribution in [3.8, 4) is 17.1 Å². The minimum absolute atomic E-state index is 0.0875. The molecule has 5 heteroatoms. The fourth-order valence-electron chi connectivity index (χ4n) is 2.27. The number of methoxy groups -OCH3 is 1. The van der Waals surface area contributed by atoms with Crippen molar-refractivity contribution in [2.45, 2.75) is 33.1 Å². The predicted molar refractivity (Wildman–Crippen MR) is 82.2 cm³/mol. The molecule has 0 spiro atoms. The molecule has 0 aliphatic carbocycles. The van der Waals surface area contributed by atoms with Crippen molar-refractivity contribution in [1.82, 2.24) is 10.1 Å². The van der Waals surface area contributed by atoms with Crippen molar-refractivity contribution in [3.05, 3.63) is 30.2 Å². The van der Waals surface area contributed by atoms with E-state index < -0.39 is 0 Å². The van der Waals surface area contributed by atoms with Gasteiger partial charge in [-0.2, -0.15) is 4.98 Å². The van der Waals surface area contributed by atoms with Gasteiger partial charge < -0.3 is 15.0 Å². The van der Waals surface area contributed by atoms with Crippen molar-refractivity contribution in [2.24, 2.45) is 11.1 Å². The Bertz CT molecular complexity index is 570. The van der Waals surface area contributed by atoms with Gasteiger partial charge in [-0.05, 0) is 36.1 Å². The van der Waals surface area contributed by atoms with Gasteiger partial charge in [0.2, 0.25) is 11.7 Å². The van der Waals surface area contributed by atoms with Crippen LogP contribution in [0.5, 0.6) is 5.75 Å². The molecule has 0 aliphatic heterocycles. The molecule has 0 saturated carbocycles. The van der Waals surface area contributed by atoms with Gasteiger partial charge in [-0.3, -0.25) is 0 Å². The Morgan fingerprint density at radius 1 is 1.24 bits per heavy atom. The largest absolute Gasteiger partial charge is 0.497 e. The smallest absolute Gasteiger partial charge is 0.231 e. The zero-order valence-electron chi connectivity index (χ0n) is 13.1. The van der Waals surface area contributed by atoms with Crippen LogP contribution in [0.4, 0.5) is 0 Å². The van der Waals surface area contributed by atoms with Gasteiger partial charge in [-0.1, -0.05) is 25.9 Å². The molecule has 0 saturated heterocycles. The second kappa shape index (κ2) is 6.26. The third-order valence-corrected chi connectivity index (χ3v) is 3.28. The van der Waals surface area contributed by atoms with Crippen LogP contribution in [0.25, 0.3) is 11.4 Å². The van der Waals surface area contributed by atoms with E-state index in [1.54, 1.807) is 7.11 Å². The summed E-state index contributed by atoms with van der Waals surface area (Å²) in [4.78, 5) is 4.49. The maximum absolute atomic E-state index is 5.85. The Morgan fingerprint density at radius 2 is 1.90 bits per heavy atom. The standard InChI is InChI=1S/C16H23N3O2/c1-16(2,3)9-12(10-17)15-18-14(19-21-15)11-5-7-13(20-4)8-6-11/h5-8,12H,9-10,17H2,1-4H3. The molecule has 5 nitrogen and oxygen atoms in total. The van der Waals surface area contributed by atoms with E-state index in [4.69, 9.17) is 15.0 Å². The lowest BCUT2D eigenvalue weighted by atomic mass is 9.84. The lowest BCUT2D eigenvalue weighted by Gasteiger charge is -2.22. The second-order valence-electron chi connectivity index (χ2n) is 6.38. The van der Waals surface area contributed by atoms with Gasteiger partial charge in [0.1, 0.15) is 5.75 Å². The van der Waals surface area contributed by atoms with Crippen molar-refractivity contribution < 1.29 is 9.26 Å². The highest BCUT2D eigenvalue weighted by atomic mass is 16.5. The number of aromatic nitrogens is 2. The van der Waals surface area contributed by atoms with E-state index in [-0.39, 0.29) is 11.3 Å². The maximum Gasteiger partial charge on any atom is 0.231 e. The van der Waals surface area contributed by atoms with Gasteiger partial charge in [0.15, 0.2) is 0 Å². The first-order valence-corrected chi connectivity index (χ1v) is 7.11. The molecule has 2 aromatic rings. The molecule has 1 heterocycles. The number of nitrogens with zero attached hydrogens (tertiary/aromatic N) is 2. The number of hydrogen-bond donors (Lipinski definition) is 1. The van der Waals surface area contributed by atoms with Crippen LogP contribution in [0.1, 0.15) is 39.0 Å². The minimum Gasteiger partial charge on any atom is -0.497 e. The van der Waals surface area contributed by atoms with Crippen LogP contribution in [0.15, 0.2) is 28.8 Å². The van der Waals surface area contributed by atoms with E-state index in [0.29, 0.717) is 18.3 Å². The highest BCUT2D eigenvalue weighted by Crippen LogP contribution is 2.30. The van der Waals surface area contributed by atoms with Crippen LogP contribution in [0.2, 0.25) is 0 Å². The summed E-state index contributed by atoms with van der Waals surface area (Å²) in [7, 11) is 1.64. The lowest BCUT2D eigenvalue weighted by Crippen LogP contribution is -2.19. The summed E-state index contributed by atoms with van der Waals surface area (Å²) in [5, 5.41) is 4.06. The summed E-state index contributed by atoms with van der Waals surface area (Å²) < 4.78 is 10.5. The SMILES string of the molecule is COc1ccc(-c2noc(C(CN)CC(C)(C)C)n2)cc1. The number of benzene rings is 1. The van der Waals surface area contributed by atoms with Crippen LogP contribution in [-0.4, -0.2) is 23.8 Å². The zero-order valence-corrected chi connectivity index (χ0v) is 13.1. The summed E-state index contributed by atoms with van der Waals surface area (Å²) >= 11 is 0. The van der Waals surface area contributed by atoms with Crippen LogP contribution < -0.4 is 10.5 Å². The molecule has 21 heavy (non-hydrogen) atoms. The van der Waals surface area contributed by atoms with Crippen LogP contribution in [0, 0.1) is 5.41 Å². The van der Waals surface area contributed by atoms with Crippen molar-refractivity contribution >= 4 is 0 Å². The van der Waals surface area contributed by atoms with E-state index in [1.165, 1.54) is 0 Å². The molecule has 1 unspecified atom stereocenters. The van der Waals surface area contributed by atoms with Crippen molar-refractivity contribution in [3.63, 3.8) is 0 Å². The lowest BCUT2D eigenvalue weighted by molar-refractivity contribution is 0.287. The molecule has 1 aromatic carbocycles. The normalized spacial score (nSPS) is 13.2. The molecule has 1 aromatic heterocycles. The highest BCUT2D eigenvalue weighted by molar-refractivity contribution is 5.55. The molecular weight excluding hydrogens is 266 g/mol. The van der Waals surface area contributed by atoms with Crippen LogP contribution in [0.3, 0.4) is 0 Å². The quantitative estimate of drug-likeness (QED) is 0.914. The molecule has 0 radical (unpaired) electrons. The Kier molecular flexibility index (Phi) is 4.63. The number of ether oxygens (including phenoxy) is 1. The molecule has 0 amide bonds. The zero-order chi connectivity index (χ0) is 15.5. The van der Waals surface area contributed by atoms with E-state index in [9.17, 15) is 0 Å². The number of nitrogens with two attached hydrogens (primary N) is 1. The van der Waals surface area contributed by atoms with Crippen LogP contribution >= 0.6 is 0 Å². The third-order valence-electron chi connectivity index (χ3n) is 3.28. The highest BCUT2D eigenvalue weighted by Gasteiger charge is 2.24. The maximum atomic E-state index is 5.85. The molecule has 1 atom stereocenters. The van der Waals surface area contributed by atoms with Gasteiger partial charge in [0.05, 0.1) is 13.0 Å². The van der Waals surface area contributed by atoms with E-state index in [0.717, 1.165) is 17.7 Å². The predicted octanol–water partition coefficient (Wildman–Crippen LogP) is 3.22. The second-order valence-corrected chi connectivity index (χ2v) is 6.38. The molecule has 114 valence electrons. The summed E-state index contributed by atoms with van der Waals surface area (Å²) in [5.41, 5.74) is 6.92. The number of hydrogen-bond acceptors (Lipinski definition) is 5. The summed E-state index contributed by atoms with van der Waals surface area (Å²) in [5.74, 6) is 2.08. The molecule has 2 rings (SSSR count). The van der Waals surface area contributed by atoms with Crippen LogP contribution in [-0.2, 0) is 0 Å². The first-order valence-electron chi connectivity index (χ1n) is 7.11. The van der Waals surface area contributed by atoms with Gasteiger partial charge in [-0.25, -0.2) is 0 Å². The van der Waals surface area contributed by atoms with Gasteiger partial charge in [-0.15, -0.1) is 0 Å². The molecule has 0 aliphatic rings. The number of rotatable bonds is 5. The van der Waals surface area contributed by atoms with E-state index in [1.807, 2.05) is 24.3 Å². The molecule has 2 N–H and O–H groups in total. The van der Waals surface area contributed by atoms with Gasteiger partial charge >= 0.3 is 0 Å². The third kappa shape index (κ3) is 4.04. The van der Waals surface area contributed by atoms with Crippen molar-refractivity contribution in [2.75, 3.05) is 13.7 Å². The average Bonchev–Trinajstić information content (AvgIpc) is 2.93. The molecule has 0 bridgehead atoms. The molecular formula is C16H23N3O2. The first-order chi connectivity index (χ1) is 9.93. The van der Waals surface area contributed by atoms with E-state index >= 15 is 0 Å². The fraction of sp³-hybridized carbons (Fsp3) is 0.500. The first kappa shape index (κ1) is 15.5. The Hall–Kier alpha value is -1.88.